The smallest absolute Gasteiger partial charge is 0.252 e. The number of ketones is 1. The lowest BCUT2D eigenvalue weighted by Crippen LogP contribution is -2.64. The lowest BCUT2D eigenvalue weighted by molar-refractivity contribution is -0.914. The van der Waals surface area contributed by atoms with Crippen LogP contribution in [0, 0.1) is 5.92 Å². The van der Waals surface area contributed by atoms with E-state index in [1.54, 1.807) is 6.07 Å². The third-order valence-corrected chi connectivity index (χ3v) is 6.98. The summed E-state index contributed by atoms with van der Waals surface area (Å²) in [7, 11) is 4.47. The highest BCUT2D eigenvalue weighted by Crippen LogP contribution is 2.59. The largest absolute Gasteiger partial charge is 0.481 e. The zero-order valence-corrected chi connectivity index (χ0v) is 15.7. The summed E-state index contributed by atoms with van der Waals surface area (Å²) in [5.41, 5.74) is 7.80. The number of quaternary nitrogens is 1. The second kappa shape index (κ2) is 5.43. The van der Waals surface area contributed by atoms with Crippen molar-refractivity contribution in [3.8, 4) is 5.75 Å². The molecule has 1 aromatic rings. The van der Waals surface area contributed by atoms with E-state index < -0.39 is 17.4 Å². The Hall–Kier alpha value is -2.14. The Morgan fingerprint density at radius 3 is 2.85 bits per heavy atom. The molecule has 0 spiro atoms. The molecule has 1 aliphatic heterocycles. The maximum Gasteiger partial charge on any atom is 0.252 e. The van der Waals surface area contributed by atoms with Crippen molar-refractivity contribution < 1.29 is 18.8 Å². The van der Waals surface area contributed by atoms with Crippen LogP contribution in [0.5, 0.6) is 5.75 Å². The summed E-state index contributed by atoms with van der Waals surface area (Å²) >= 11 is 0. The third-order valence-electron chi connectivity index (χ3n) is 6.98. The normalized spacial score (nSPS) is 32.0. The Bertz CT molecular complexity index is 829. The maximum absolute atomic E-state index is 12.7. The van der Waals surface area contributed by atoms with Gasteiger partial charge in [0.05, 0.1) is 32.2 Å². The molecular formula is C21H27N2O3+. The van der Waals surface area contributed by atoms with Gasteiger partial charge in [-0.15, -0.1) is 0 Å². The molecule has 4 atom stereocenters. The Morgan fingerprint density at radius 1 is 1.46 bits per heavy atom. The summed E-state index contributed by atoms with van der Waals surface area (Å²) in [5, 5.41) is 0. The van der Waals surface area contributed by atoms with Gasteiger partial charge in [-0.05, 0) is 24.1 Å². The van der Waals surface area contributed by atoms with Gasteiger partial charge < -0.3 is 15.0 Å². The summed E-state index contributed by atoms with van der Waals surface area (Å²) in [6.07, 6.45) is 3.76. The number of hydrogen-bond donors (Lipinski definition) is 1. The molecule has 1 aromatic carbocycles. The van der Waals surface area contributed by atoms with Crippen LogP contribution in [0.2, 0.25) is 0 Å². The van der Waals surface area contributed by atoms with E-state index in [4.69, 9.17) is 10.5 Å². The maximum atomic E-state index is 12.7. The summed E-state index contributed by atoms with van der Waals surface area (Å²) in [4.78, 5) is 24.6. The molecule has 2 N–H and O–H groups in total. The molecule has 3 aliphatic rings. The van der Waals surface area contributed by atoms with E-state index in [0.717, 1.165) is 29.4 Å². The predicted molar refractivity (Wildman–Crippen MR) is 99.1 cm³/mol. The van der Waals surface area contributed by atoms with Crippen molar-refractivity contribution in [1.82, 2.24) is 0 Å². The fraction of sp³-hybridized carbons (Fsp3) is 0.524. The van der Waals surface area contributed by atoms with Gasteiger partial charge in [0.15, 0.2) is 11.9 Å². The molecule has 1 amide bonds. The number of benzene rings is 1. The first-order valence-electron chi connectivity index (χ1n) is 9.31. The first-order chi connectivity index (χ1) is 12.2. The van der Waals surface area contributed by atoms with Gasteiger partial charge in [0.1, 0.15) is 5.75 Å². The molecule has 0 radical (unpaired) electrons. The van der Waals surface area contributed by atoms with Crippen LogP contribution in [0.1, 0.15) is 41.3 Å². The van der Waals surface area contributed by atoms with E-state index in [2.05, 4.69) is 27.6 Å². The minimum absolute atomic E-state index is 0.135. The number of ether oxygens (including phenoxy) is 1. The Morgan fingerprint density at radius 2 is 2.19 bits per heavy atom. The molecular weight excluding hydrogens is 328 g/mol. The van der Waals surface area contributed by atoms with Gasteiger partial charge >= 0.3 is 0 Å². The zero-order valence-electron chi connectivity index (χ0n) is 15.7. The molecule has 1 unspecified atom stereocenters. The summed E-state index contributed by atoms with van der Waals surface area (Å²) in [5.74, 6) is 0.502. The molecule has 5 heteroatoms. The minimum Gasteiger partial charge on any atom is -0.481 e. The van der Waals surface area contributed by atoms with Crippen LogP contribution in [0.3, 0.4) is 0 Å². The Balaban J connectivity index is 1.94. The summed E-state index contributed by atoms with van der Waals surface area (Å²) < 4.78 is 6.98. The molecule has 138 valence electrons. The second-order valence-corrected chi connectivity index (χ2v) is 8.75. The highest BCUT2D eigenvalue weighted by molar-refractivity contribution is 5.98. The zero-order chi connectivity index (χ0) is 18.9. The standard InChI is InChI=1S/C21H26N2O3/c1-5-10-23(3,4)15-11-12-6-7-13(20(22)25)18-17(12)21(2)14(15)8-9-16(24)19(21)26-18/h5-7,14-15,19H,1,8-11H2,2-4H3,(H-,22,25)/p+1/t14-,15+,19-,21?/m0/s1. The van der Waals surface area contributed by atoms with Gasteiger partial charge in [0, 0.05) is 29.7 Å². The Kier molecular flexibility index (Phi) is 3.61. The molecule has 1 heterocycles. The van der Waals surface area contributed by atoms with E-state index in [0.29, 0.717) is 29.7 Å². The van der Waals surface area contributed by atoms with Crippen LogP contribution in [0.4, 0.5) is 0 Å². The van der Waals surface area contributed by atoms with Crippen molar-refractivity contribution >= 4 is 11.7 Å². The van der Waals surface area contributed by atoms with E-state index in [-0.39, 0.29) is 5.78 Å². The van der Waals surface area contributed by atoms with Gasteiger partial charge in [-0.1, -0.05) is 19.6 Å². The van der Waals surface area contributed by atoms with Crippen LogP contribution in [-0.2, 0) is 16.6 Å². The van der Waals surface area contributed by atoms with E-state index >= 15 is 0 Å². The molecule has 4 rings (SSSR count). The van der Waals surface area contributed by atoms with Gasteiger partial charge in [-0.3, -0.25) is 9.59 Å². The van der Waals surface area contributed by atoms with E-state index in [9.17, 15) is 9.59 Å². The number of amides is 1. The SMILES string of the molecule is C=CC[N+](C)(C)[C@@H]1Cc2ccc(C(N)=O)c3c2C2(C)[C@@H](O3)C(=O)CC[C@@H]12. The Labute approximate surface area is 154 Å². The van der Waals surface area contributed by atoms with E-state index in [1.807, 2.05) is 12.1 Å². The van der Waals surface area contributed by atoms with Crippen LogP contribution < -0.4 is 10.5 Å². The topological polar surface area (TPSA) is 69.4 Å². The predicted octanol–water partition coefficient (Wildman–Crippen LogP) is 1.97. The lowest BCUT2D eigenvalue weighted by atomic mass is 9.55. The molecule has 0 saturated heterocycles. The van der Waals surface area contributed by atoms with E-state index in [1.165, 1.54) is 5.56 Å². The van der Waals surface area contributed by atoms with Crippen LogP contribution in [0.25, 0.3) is 0 Å². The van der Waals surface area contributed by atoms with Gasteiger partial charge in [0.2, 0.25) is 0 Å². The fourth-order valence-electron chi connectivity index (χ4n) is 5.74. The minimum atomic E-state index is -0.512. The number of carbonyl (C=O) groups excluding carboxylic acids is 2. The third kappa shape index (κ3) is 2.07. The lowest BCUT2D eigenvalue weighted by Gasteiger charge is -2.53. The quantitative estimate of drug-likeness (QED) is 0.663. The van der Waals surface area contributed by atoms with Crippen molar-refractivity contribution in [3.63, 3.8) is 0 Å². The molecule has 26 heavy (non-hydrogen) atoms. The average molecular weight is 355 g/mol. The molecule has 0 aromatic heterocycles. The molecule has 0 bridgehead atoms. The first-order valence-corrected chi connectivity index (χ1v) is 9.31. The van der Waals surface area contributed by atoms with Crippen molar-refractivity contribution in [2.24, 2.45) is 11.7 Å². The first kappa shape index (κ1) is 17.3. The number of Topliss-reactive ketones (excluding diaryl/α,β-unsaturated/α-hetero) is 1. The van der Waals surface area contributed by atoms with Crippen LogP contribution in [0.15, 0.2) is 24.8 Å². The molecule has 1 saturated carbocycles. The van der Waals surface area contributed by atoms with Crippen LogP contribution in [-0.4, -0.2) is 49.0 Å². The number of nitrogens with two attached hydrogens (primary N) is 1. The number of carbonyl (C=O) groups is 2. The van der Waals surface area contributed by atoms with Crippen molar-refractivity contribution in [1.29, 1.82) is 0 Å². The average Bonchev–Trinajstić information content (AvgIpc) is 2.88. The highest BCUT2D eigenvalue weighted by Gasteiger charge is 2.63. The second-order valence-electron chi connectivity index (χ2n) is 8.75. The monoisotopic (exact) mass is 355 g/mol. The fourth-order valence-corrected chi connectivity index (χ4v) is 5.74. The summed E-state index contributed by atoms with van der Waals surface area (Å²) in [6, 6.07) is 4.13. The molecule has 5 nitrogen and oxygen atoms in total. The van der Waals surface area contributed by atoms with Gasteiger partial charge in [0.25, 0.3) is 5.91 Å². The van der Waals surface area contributed by atoms with Crippen molar-refractivity contribution in [2.75, 3.05) is 20.6 Å². The highest BCUT2D eigenvalue weighted by atomic mass is 16.5. The van der Waals surface area contributed by atoms with Crippen LogP contribution >= 0.6 is 0 Å². The van der Waals surface area contributed by atoms with Crippen molar-refractivity contribution in [2.45, 2.75) is 43.7 Å². The summed E-state index contributed by atoms with van der Waals surface area (Å²) in [6.45, 7) is 6.95. The number of rotatable bonds is 4. The number of likely N-dealkylation sites (N-methyl/N-ethyl adjacent to an activating group) is 1. The molecule has 2 aliphatic carbocycles. The van der Waals surface area contributed by atoms with Gasteiger partial charge in [-0.25, -0.2) is 0 Å². The molecule has 1 fully saturated rings. The van der Waals surface area contributed by atoms with Gasteiger partial charge in [-0.2, -0.15) is 0 Å². The van der Waals surface area contributed by atoms with Crippen molar-refractivity contribution in [3.05, 3.63) is 41.5 Å². The number of primary amides is 1. The number of nitrogens with zero attached hydrogens (tertiary/aromatic N) is 1. The number of hydrogen-bond acceptors (Lipinski definition) is 3.